The number of phenols is 2. The van der Waals surface area contributed by atoms with Gasteiger partial charge in [-0.15, -0.1) is 0 Å². The van der Waals surface area contributed by atoms with Crippen LogP contribution in [0.1, 0.15) is 38.2 Å². The Labute approximate surface area is 167 Å². The van der Waals surface area contributed by atoms with Crippen molar-refractivity contribution in [2.24, 2.45) is 0 Å². The summed E-state index contributed by atoms with van der Waals surface area (Å²) < 4.78 is 10.0. The first-order chi connectivity index (χ1) is 13.7. The molecule has 5 N–H and O–H groups in total. The Morgan fingerprint density at radius 2 is 1.83 bits per heavy atom. The van der Waals surface area contributed by atoms with E-state index >= 15 is 0 Å². The molecule has 160 valence electrons. The van der Waals surface area contributed by atoms with Crippen LogP contribution in [0.25, 0.3) is 6.08 Å². The predicted octanol–water partition coefficient (Wildman–Crippen LogP) is 0.613. The number of esters is 2. The van der Waals surface area contributed by atoms with Gasteiger partial charge in [-0.2, -0.15) is 0 Å². The summed E-state index contributed by atoms with van der Waals surface area (Å²) in [7, 11) is 0. The highest BCUT2D eigenvalue weighted by atomic mass is 16.6. The Morgan fingerprint density at radius 3 is 2.41 bits per heavy atom. The third-order valence-electron chi connectivity index (χ3n) is 4.63. The fourth-order valence-electron chi connectivity index (χ4n) is 3.01. The second-order valence-electron chi connectivity index (χ2n) is 7.05. The number of ether oxygens (including phenoxy) is 2. The van der Waals surface area contributed by atoms with E-state index in [-0.39, 0.29) is 18.1 Å². The number of rotatable bonds is 7. The quantitative estimate of drug-likeness (QED) is 0.188. The summed E-state index contributed by atoms with van der Waals surface area (Å²) in [6, 6.07) is 3.93. The second-order valence-corrected chi connectivity index (χ2v) is 7.05. The lowest BCUT2D eigenvalue weighted by molar-refractivity contribution is -0.200. The van der Waals surface area contributed by atoms with E-state index in [4.69, 9.17) is 9.47 Å². The van der Waals surface area contributed by atoms with Crippen molar-refractivity contribution < 1.29 is 44.6 Å². The Morgan fingerprint density at radius 1 is 1.17 bits per heavy atom. The van der Waals surface area contributed by atoms with E-state index in [1.165, 1.54) is 24.3 Å². The number of aliphatic hydroxyl groups is 3. The van der Waals surface area contributed by atoms with Gasteiger partial charge in [-0.05, 0) is 30.2 Å². The Balaban J connectivity index is 1.96. The number of aliphatic hydroxyl groups excluding tert-OH is 2. The van der Waals surface area contributed by atoms with Crippen LogP contribution in [-0.4, -0.2) is 68.0 Å². The maximum atomic E-state index is 12.1. The van der Waals surface area contributed by atoms with E-state index in [0.29, 0.717) is 12.0 Å². The number of carbonyl (C=O) groups is 2. The summed E-state index contributed by atoms with van der Waals surface area (Å²) in [5, 5.41) is 49.5. The molecule has 29 heavy (non-hydrogen) atoms. The lowest BCUT2D eigenvalue weighted by Crippen LogP contribution is -2.57. The SMILES string of the molecule is CCCCOC(=O)C1(O)C[C@@H](O)C(OC(=O)C=Cc2ccc(O)c(O)c2)[C@H](O)C1. The van der Waals surface area contributed by atoms with Crippen molar-refractivity contribution in [1.82, 2.24) is 0 Å². The van der Waals surface area contributed by atoms with Crippen molar-refractivity contribution in [3.05, 3.63) is 29.8 Å². The van der Waals surface area contributed by atoms with Gasteiger partial charge in [-0.1, -0.05) is 19.4 Å². The minimum Gasteiger partial charge on any atom is -0.504 e. The zero-order valence-electron chi connectivity index (χ0n) is 16.0. The van der Waals surface area contributed by atoms with Gasteiger partial charge in [0.25, 0.3) is 0 Å². The zero-order chi connectivity index (χ0) is 21.6. The topological polar surface area (TPSA) is 154 Å². The third kappa shape index (κ3) is 5.93. The number of carbonyl (C=O) groups excluding carboxylic acids is 2. The molecule has 0 saturated heterocycles. The van der Waals surface area contributed by atoms with Gasteiger partial charge in [0.05, 0.1) is 18.8 Å². The second kappa shape index (κ2) is 9.73. The molecule has 0 aliphatic heterocycles. The van der Waals surface area contributed by atoms with E-state index < -0.39 is 48.7 Å². The van der Waals surface area contributed by atoms with Gasteiger partial charge in [-0.25, -0.2) is 9.59 Å². The minimum absolute atomic E-state index is 0.125. The van der Waals surface area contributed by atoms with Crippen LogP contribution in [0.4, 0.5) is 0 Å². The average molecular weight is 410 g/mol. The summed E-state index contributed by atoms with van der Waals surface area (Å²) in [6.45, 7) is 2.04. The molecule has 1 aliphatic rings. The summed E-state index contributed by atoms with van der Waals surface area (Å²) in [5.74, 6) is -2.47. The van der Waals surface area contributed by atoms with E-state index in [1.54, 1.807) is 0 Å². The molecule has 0 unspecified atom stereocenters. The average Bonchev–Trinajstić information content (AvgIpc) is 2.65. The molecular weight excluding hydrogens is 384 g/mol. The van der Waals surface area contributed by atoms with Crippen molar-refractivity contribution in [1.29, 1.82) is 0 Å². The predicted molar refractivity (Wildman–Crippen MR) is 101 cm³/mol. The maximum absolute atomic E-state index is 12.1. The van der Waals surface area contributed by atoms with Gasteiger partial charge >= 0.3 is 11.9 Å². The lowest BCUT2D eigenvalue weighted by atomic mass is 9.79. The fraction of sp³-hybridized carbons (Fsp3) is 0.500. The van der Waals surface area contributed by atoms with Crippen molar-refractivity contribution in [2.75, 3.05) is 6.61 Å². The highest BCUT2D eigenvalue weighted by Gasteiger charge is 2.51. The normalized spacial score (nSPS) is 27.0. The lowest BCUT2D eigenvalue weighted by Gasteiger charge is -2.39. The highest BCUT2D eigenvalue weighted by molar-refractivity contribution is 5.87. The van der Waals surface area contributed by atoms with Gasteiger partial charge in [-0.3, -0.25) is 0 Å². The Kier molecular flexibility index (Phi) is 7.60. The Hall–Kier alpha value is -2.62. The molecule has 1 fully saturated rings. The van der Waals surface area contributed by atoms with E-state index in [0.717, 1.165) is 12.5 Å². The molecule has 1 aromatic carbocycles. The molecule has 0 radical (unpaired) electrons. The van der Waals surface area contributed by atoms with Crippen molar-refractivity contribution >= 4 is 18.0 Å². The van der Waals surface area contributed by atoms with E-state index in [2.05, 4.69) is 0 Å². The monoisotopic (exact) mass is 410 g/mol. The highest BCUT2D eigenvalue weighted by Crippen LogP contribution is 2.32. The number of phenolic OH excluding ortho intramolecular Hbond substituents is 2. The molecule has 0 heterocycles. The smallest absolute Gasteiger partial charge is 0.338 e. The summed E-state index contributed by atoms with van der Waals surface area (Å²) in [6.07, 6.45) is -1.41. The van der Waals surface area contributed by atoms with Crippen LogP contribution in [0, 0.1) is 0 Å². The summed E-state index contributed by atoms with van der Waals surface area (Å²) in [4.78, 5) is 24.1. The number of benzene rings is 1. The zero-order valence-corrected chi connectivity index (χ0v) is 16.0. The van der Waals surface area contributed by atoms with Crippen molar-refractivity contribution in [3.63, 3.8) is 0 Å². The van der Waals surface area contributed by atoms with Gasteiger partial charge in [0.2, 0.25) is 0 Å². The molecule has 1 aromatic rings. The van der Waals surface area contributed by atoms with E-state index in [9.17, 15) is 35.1 Å². The van der Waals surface area contributed by atoms with Crippen LogP contribution < -0.4 is 0 Å². The van der Waals surface area contributed by atoms with Crippen molar-refractivity contribution in [3.8, 4) is 11.5 Å². The molecule has 2 atom stereocenters. The molecular formula is C20H26O9. The van der Waals surface area contributed by atoms with Crippen LogP contribution in [0.5, 0.6) is 11.5 Å². The van der Waals surface area contributed by atoms with Crippen LogP contribution >= 0.6 is 0 Å². The van der Waals surface area contributed by atoms with Crippen LogP contribution in [0.3, 0.4) is 0 Å². The molecule has 1 saturated carbocycles. The first kappa shape index (κ1) is 22.7. The molecule has 0 amide bonds. The number of unbranched alkanes of at least 4 members (excludes halogenated alkanes) is 1. The van der Waals surface area contributed by atoms with Gasteiger partial charge in [0.1, 0.15) is 0 Å². The first-order valence-corrected chi connectivity index (χ1v) is 9.32. The number of hydrogen-bond donors (Lipinski definition) is 5. The summed E-state index contributed by atoms with van der Waals surface area (Å²) >= 11 is 0. The van der Waals surface area contributed by atoms with Gasteiger partial charge < -0.3 is 35.0 Å². The fourth-order valence-corrected chi connectivity index (χ4v) is 3.01. The molecule has 0 aromatic heterocycles. The largest absolute Gasteiger partial charge is 0.504 e. The van der Waals surface area contributed by atoms with Crippen LogP contribution in [0.15, 0.2) is 24.3 Å². The van der Waals surface area contributed by atoms with Crippen molar-refractivity contribution in [2.45, 2.75) is 56.5 Å². The molecule has 2 rings (SSSR count). The molecule has 9 heteroatoms. The number of aromatic hydroxyl groups is 2. The minimum atomic E-state index is -2.06. The number of hydrogen-bond acceptors (Lipinski definition) is 9. The Bertz CT molecular complexity index is 746. The molecule has 0 bridgehead atoms. The van der Waals surface area contributed by atoms with Crippen LogP contribution in [-0.2, 0) is 19.1 Å². The summed E-state index contributed by atoms with van der Waals surface area (Å²) in [5.41, 5.74) is -1.65. The standard InChI is InChI=1S/C20H26O9/c1-2-3-8-28-19(26)20(27)10-15(23)18(16(24)11-20)29-17(25)7-5-12-4-6-13(21)14(22)9-12/h4-7,9,15-16,18,21-24,27H,2-3,8,10-11H2,1H3/t15-,16-,18?,20?/m1/s1. The van der Waals surface area contributed by atoms with Crippen LogP contribution in [0.2, 0.25) is 0 Å². The first-order valence-electron chi connectivity index (χ1n) is 9.32. The third-order valence-corrected chi connectivity index (χ3v) is 4.63. The van der Waals surface area contributed by atoms with Gasteiger partial charge in [0.15, 0.2) is 23.2 Å². The molecule has 1 aliphatic carbocycles. The van der Waals surface area contributed by atoms with Gasteiger partial charge in [0, 0.05) is 18.9 Å². The molecule has 9 nitrogen and oxygen atoms in total. The molecule has 0 spiro atoms. The maximum Gasteiger partial charge on any atom is 0.338 e. The van der Waals surface area contributed by atoms with E-state index in [1.807, 2.05) is 6.92 Å².